The molecule has 3 nitrogen and oxygen atoms in total. The fraction of sp³-hybridized carbons (Fsp3) is 0.333. The van der Waals surface area contributed by atoms with Crippen molar-refractivity contribution in [3.63, 3.8) is 0 Å². The lowest BCUT2D eigenvalue weighted by molar-refractivity contribution is 0.0443. The summed E-state index contributed by atoms with van der Waals surface area (Å²) >= 11 is 0. The van der Waals surface area contributed by atoms with Crippen molar-refractivity contribution >= 4 is 11.9 Å². The van der Waals surface area contributed by atoms with E-state index in [1.165, 1.54) is 0 Å². The van der Waals surface area contributed by atoms with Crippen LogP contribution in [0.4, 0.5) is 0 Å². The lowest BCUT2D eigenvalue weighted by Gasteiger charge is -2.11. The Morgan fingerprint density at radius 1 is 1.13 bits per heavy atom. The molecule has 1 aliphatic rings. The van der Waals surface area contributed by atoms with E-state index < -0.39 is 11.9 Å². The molecule has 1 heterocycles. The third-order valence-corrected chi connectivity index (χ3v) is 2.65. The fourth-order valence-electron chi connectivity index (χ4n) is 2.05. The topological polar surface area (TPSA) is 43.4 Å². The van der Waals surface area contributed by atoms with Gasteiger partial charge in [0.05, 0.1) is 11.1 Å². The fourth-order valence-corrected chi connectivity index (χ4v) is 2.05. The number of fused-ring (bicyclic) bond motifs is 1. The molecule has 0 aliphatic carbocycles. The van der Waals surface area contributed by atoms with Gasteiger partial charge in [0.15, 0.2) is 0 Å². The molecule has 0 amide bonds. The van der Waals surface area contributed by atoms with Crippen molar-refractivity contribution in [1.29, 1.82) is 0 Å². The zero-order valence-corrected chi connectivity index (χ0v) is 8.96. The van der Waals surface area contributed by atoms with E-state index in [0.29, 0.717) is 11.1 Å². The van der Waals surface area contributed by atoms with Gasteiger partial charge in [-0.3, -0.25) is 0 Å². The van der Waals surface area contributed by atoms with E-state index in [9.17, 15) is 9.59 Å². The minimum atomic E-state index is -0.531. The first-order chi connectivity index (χ1) is 7.02. The van der Waals surface area contributed by atoms with E-state index in [2.05, 4.69) is 4.74 Å². The molecule has 0 spiro atoms. The Balaban J connectivity index is 2.76. The predicted molar refractivity (Wildman–Crippen MR) is 55.0 cm³/mol. The van der Waals surface area contributed by atoms with Crippen LogP contribution in [0.2, 0.25) is 0 Å². The van der Waals surface area contributed by atoms with Crippen LogP contribution in [0, 0.1) is 6.92 Å². The van der Waals surface area contributed by atoms with E-state index in [0.717, 1.165) is 11.1 Å². The molecule has 1 aromatic carbocycles. The number of aryl methyl sites for hydroxylation is 1. The van der Waals surface area contributed by atoms with Crippen LogP contribution in [0.3, 0.4) is 0 Å². The van der Waals surface area contributed by atoms with E-state index in [1.54, 1.807) is 6.07 Å². The Morgan fingerprint density at radius 3 is 2.40 bits per heavy atom. The Kier molecular flexibility index (Phi) is 2.11. The zero-order valence-electron chi connectivity index (χ0n) is 8.96. The maximum Gasteiger partial charge on any atom is 0.347 e. The second kappa shape index (κ2) is 3.19. The first-order valence-corrected chi connectivity index (χ1v) is 4.92. The predicted octanol–water partition coefficient (Wildman–Crippen LogP) is 2.43. The summed E-state index contributed by atoms with van der Waals surface area (Å²) in [4.78, 5) is 22.8. The van der Waals surface area contributed by atoms with Crippen molar-refractivity contribution in [2.45, 2.75) is 26.7 Å². The monoisotopic (exact) mass is 204 g/mol. The van der Waals surface area contributed by atoms with E-state index in [4.69, 9.17) is 0 Å². The second-order valence-corrected chi connectivity index (χ2v) is 4.05. The van der Waals surface area contributed by atoms with Crippen molar-refractivity contribution in [3.8, 4) is 0 Å². The van der Waals surface area contributed by atoms with Crippen molar-refractivity contribution in [2.24, 2.45) is 0 Å². The summed E-state index contributed by atoms with van der Waals surface area (Å²) in [7, 11) is 0. The summed E-state index contributed by atoms with van der Waals surface area (Å²) in [5.74, 6) is -0.835. The lowest BCUT2D eigenvalue weighted by Crippen LogP contribution is -2.04. The third-order valence-electron chi connectivity index (χ3n) is 2.65. The molecule has 2 rings (SSSR count). The number of rotatable bonds is 1. The molecule has 1 aromatic rings. The molecule has 78 valence electrons. The summed E-state index contributed by atoms with van der Waals surface area (Å²) in [5, 5.41) is 0. The molecule has 1 aliphatic heterocycles. The highest BCUT2D eigenvalue weighted by atomic mass is 16.6. The quantitative estimate of drug-likeness (QED) is 0.521. The van der Waals surface area contributed by atoms with Gasteiger partial charge in [-0.05, 0) is 30.0 Å². The molecule has 0 atom stereocenters. The highest BCUT2D eigenvalue weighted by molar-refractivity contribution is 6.15. The van der Waals surface area contributed by atoms with Gasteiger partial charge in [0, 0.05) is 0 Å². The van der Waals surface area contributed by atoms with Gasteiger partial charge in [-0.2, -0.15) is 0 Å². The third kappa shape index (κ3) is 1.35. The summed E-state index contributed by atoms with van der Waals surface area (Å²) < 4.78 is 4.60. The highest BCUT2D eigenvalue weighted by Gasteiger charge is 2.33. The Labute approximate surface area is 88.1 Å². The molecule has 0 aromatic heterocycles. The number of hydrogen-bond acceptors (Lipinski definition) is 3. The van der Waals surface area contributed by atoms with Crippen LogP contribution in [0.15, 0.2) is 12.1 Å². The molecular formula is C12H12O3. The summed E-state index contributed by atoms with van der Waals surface area (Å²) in [6, 6.07) is 3.51. The maximum atomic E-state index is 11.5. The van der Waals surface area contributed by atoms with Gasteiger partial charge in [-0.1, -0.05) is 19.9 Å². The van der Waals surface area contributed by atoms with Gasteiger partial charge in [-0.25, -0.2) is 9.59 Å². The standard InChI is InChI=1S/C12H12O3/c1-6(2)9-7(3)4-5-8-10(9)12(14)15-11(8)13/h4-6H,1-3H3. The van der Waals surface area contributed by atoms with Crippen LogP contribution in [-0.2, 0) is 4.74 Å². The van der Waals surface area contributed by atoms with Crippen LogP contribution in [0.25, 0.3) is 0 Å². The molecule has 0 unspecified atom stereocenters. The van der Waals surface area contributed by atoms with Crippen LogP contribution < -0.4 is 0 Å². The van der Waals surface area contributed by atoms with Gasteiger partial charge in [0.1, 0.15) is 0 Å². The molecular weight excluding hydrogens is 192 g/mol. The minimum absolute atomic E-state index is 0.207. The number of ether oxygens (including phenoxy) is 1. The van der Waals surface area contributed by atoms with E-state index in [-0.39, 0.29) is 5.92 Å². The summed E-state index contributed by atoms with van der Waals surface area (Å²) in [6.07, 6.45) is 0. The van der Waals surface area contributed by atoms with Gasteiger partial charge in [-0.15, -0.1) is 0 Å². The van der Waals surface area contributed by atoms with Crippen molar-refractivity contribution in [2.75, 3.05) is 0 Å². The lowest BCUT2D eigenvalue weighted by atomic mass is 9.90. The molecule has 0 N–H and O–H groups in total. The van der Waals surface area contributed by atoms with Crippen molar-refractivity contribution < 1.29 is 14.3 Å². The van der Waals surface area contributed by atoms with Crippen LogP contribution in [0.1, 0.15) is 51.6 Å². The van der Waals surface area contributed by atoms with Gasteiger partial charge in [0.2, 0.25) is 0 Å². The Hall–Kier alpha value is -1.64. The molecule has 15 heavy (non-hydrogen) atoms. The average Bonchev–Trinajstić information content (AvgIpc) is 2.41. The van der Waals surface area contributed by atoms with Crippen LogP contribution in [-0.4, -0.2) is 11.9 Å². The van der Waals surface area contributed by atoms with Gasteiger partial charge < -0.3 is 4.74 Å². The highest BCUT2D eigenvalue weighted by Crippen LogP contribution is 2.31. The van der Waals surface area contributed by atoms with Crippen molar-refractivity contribution in [1.82, 2.24) is 0 Å². The zero-order chi connectivity index (χ0) is 11.2. The molecule has 0 bridgehead atoms. The minimum Gasteiger partial charge on any atom is -0.386 e. The van der Waals surface area contributed by atoms with Crippen molar-refractivity contribution in [3.05, 3.63) is 34.4 Å². The van der Waals surface area contributed by atoms with E-state index >= 15 is 0 Å². The molecule has 0 fully saturated rings. The number of cyclic esters (lactones) is 2. The Bertz CT molecular complexity index is 458. The van der Waals surface area contributed by atoms with Gasteiger partial charge >= 0.3 is 11.9 Å². The van der Waals surface area contributed by atoms with Gasteiger partial charge in [0.25, 0.3) is 0 Å². The average molecular weight is 204 g/mol. The summed E-state index contributed by atoms with van der Waals surface area (Å²) in [6.45, 7) is 5.93. The van der Waals surface area contributed by atoms with Crippen LogP contribution in [0.5, 0.6) is 0 Å². The SMILES string of the molecule is Cc1ccc2c(c1C(C)C)C(=O)OC2=O. The van der Waals surface area contributed by atoms with Crippen LogP contribution >= 0.6 is 0 Å². The maximum absolute atomic E-state index is 11.5. The Morgan fingerprint density at radius 2 is 1.80 bits per heavy atom. The largest absolute Gasteiger partial charge is 0.386 e. The number of esters is 2. The molecule has 0 radical (unpaired) electrons. The first kappa shape index (κ1) is 9.90. The number of carbonyl (C=O) groups is 2. The smallest absolute Gasteiger partial charge is 0.347 e. The number of carbonyl (C=O) groups excluding carboxylic acids is 2. The second-order valence-electron chi connectivity index (χ2n) is 4.05. The number of hydrogen-bond donors (Lipinski definition) is 0. The molecule has 0 saturated heterocycles. The first-order valence-electron chi connectivity index (χ1n) is 4.92. The molecule has 3 heteroatoms. The summed E-state index contributed by atoms with van der Waals surface area (Å²) in [5.41, 5.74) is 2.79. The normalized spacial score (nSPS) is 14.4. The number of benzene rings is 1. The van der Waals surface area contributed by atoms with E-state index in [1.807, 2.05) is 26.8 Å². The molecule has 0 saturated carbocycles.